The van der Waals surface area contributed by atoms with Crippen molar-refractivity contribution in [1.29, 1.82) is 0 Å². The Hall–Kier alpha value is -2.78. The second-order valence-electron chi connectivity index (χ2n) is 5.78. The van der Waals surface area contributed by atoms with Gasteiger partial charge in [-0.1, -0.05) is 41.2 Å². The number of nitro benzene ring substituents is 1. The highest BCUT2D eigenvalue weighted by Gasteiger charge is 2.17. The van der Waals surface area contributed by atoms with Gasteiger partial charge in [-0.25, -0.2) is 0 Å². The number of non-ortho nitro benzene ring substituents is 1. The van der Waals surface area contributed by atoms with Crippen LogP contribution in [0.1, 0.15) is 12.5 Å². The second kappa shape index (κ2) is 8.28. The molecule has 0 aliphatic carbocycles. The molecule has 0 fully saturated rings. The number of aromatic nitrogens is 2. The number of aryl methyl sites for hydroxylation is 1. The Balaban J connectivity index is 1.66. The largest absolute Gasteiger partial charge is 0.300 e. The number of nitro groups is 1. The molecule has 7 nitrogen and oxygen atoms in total. The van der Waals surface area contributed by atoms with Crippen LogP contribution in [0.4, 0.5) is 10.8 Å². The van der Waals surface area contributed by atoms with Crippen LogP contribution in [0.2, 0.25) is 0 Å². The molecule has 0 saturated carbocycles. The van der Waals surface area contributed by atoms with Gasteiger partial charge in [0.2, 0.25) is 11.0 Å². The van der Waals surface area contributed by atoms with Crippen LogP contribution in [0.25, 0.3) is 10.6 Å². The minimum atomic E-state index is -0.461. The van der Waals surface area contributed by atoms with E-state index in [2.05, 4.69) is 15.5 Å². The molecular formula is C18H16N4O3S2. The maximum Gasteiger partial charge on any atom is 0.270 e. The number of hydrogen-bond acceptors (Lipinski definition) is 7. The molecule has 2 aromatic carbocycles. The molecule has 0 saturated heterocycles. The number of benzene rings is 2. The molecule has 1 aromatic heterocycles. The van der Waals surface area contributed by atoms with Crippen molar-refractivity contribution < 1.29 is 9.72 Å². The van der Waals surface area contributed by atoms with E-state index in [0.717, 1.165) is 4.90 Å². The van der Waals surface area contributed by atoms with E-state index in [9.17, 15) is 14.9 Å². The van der Waals surface area contributed by atoms with Gasteiger partial charge in [0.25, 0.3) is 5.69 Å². The van der Waals surface area contributed by atoms with E-state index in [-0.39, 0.29) is 16.8 Å². The van der Waals surface area contributed by atoms with Gasteiger partial charge >= 0.3 is 0 Å². The fourth-order valence-electron chi connectivity index (χ4n) is 2.22. The van der Waals surface area contributed by atoms with Gasteiger partial charge in [0.05, 0.1) is 10.2 Å². The molecule has 0 spiro atoms. The lowest BCUT2D eigenvalue weighted by atomic mass is 10.2. The molecule has 0 aliphatic rings. The van der Waals surface area contributed by atoms with Crippen molar-refractivity contribution in [3.05, 3.63) is 64.2 Å². The molecule has 1 heterocycles. The first-order valence-electron chi connectivity index (χ1n) is 8.05. The molecule has 1 atom stereocenters. The van der Waals surface area contributed by atoms with Crippen molar-refractivity contribution in [2.24, 2.45) is 0 Å². The summed E-state index contributed by atoms with van der Waals surface area (Å²) in [6.45, 7) is 3.83. The quantitative estimate of drug-likeness (QED) is 0.370. The third-order valence-corrected chi connectivity index (χ3v) is 5.66. The van der Waals surface area contributed by atoms with Crippen molar-refractivity contribution in [2.45, 2.75) is 24.0 Å². The zero-order valence-electron chi connectivity index (χ0n) is 14.6. The van der Waals surface area contributed by atoms with Crippen LogP contribution in [0.15, 0.2) is 53.4 Å². The zero-order valence-corrected chi connectivity index (χ0v) is 16.2. The summed E-state index contributed by atoms with van der Waals surface area (Å²) in [6.07, 6.45) is 0. The first kappa shape index (κ1) is 19.0. The van der Waals surface area contributed by atoms with Gasteiger partial charge in [0, 0.05) is 22.6 Å². The Morgan fingerprint density at radius 2 is 1.96 bits per heavy atom. The lowest BCUT2D eigenvalue weighted by Gasteiger charge is -2.10. The van der Waals surface area contributed by atoms with Gasteiger partial charge in [0.15, 0.2) is 0 Å². The number of nitrogens with zero attached hydrogens (tertiary/aromatic N) is 3. The molecule has 1 amide bonds. The average Bonchev–Trinajstić information content (AvgIpc) is 3.12. The first-order valence-corrected chi connectivity index (χ1v) is 9.74. The van der Waals surface area contributed by atoms with Crippen LogP contribution in [-0.4, -0.2) is 26.3 Å². The first-order chi connectivity index (χ1) is 12.9. The van der Waals surface area contributed by atoms with Crippen molar-refractivity contribution in [3.8, 4) is 10.6 Å². The Kier molecular flexibility index (Phi) is 5.82. The number of amides is 1. The average molecular weight is 400 g/mol. The van der Waals surface area contributed by atoms with E-state index in [1.165, 1.54) is 40.8 Å². The van der Waals surface area contributed by atoms with E-state index in [0.29, 0.717) is 15.7 Å². The molecule has 1 N–H and O–H groups in total. The third kappa shape index (κ3) is 4.89. The number of rotatable bonds is 6. The molecule has 3 aromatic rings. The molecular weight excluding hydrogens is 384 g/mol. The minimum absolute atomic E-state index is 0.0172. The number of hydrogen-bond donors (Lipinski definition) is 1. The molecule has 0 radical (unpaired) electrons. The van der Waals surface area contributed by atoms with Crippen LogP contribution in [0, 0.1) is 17.0 Å². The van der Waals surface area contributed by atoms with Crippen molar-refractivity contribution in [2.75, 3.05) is 5.32 Å². The lowest BCUT2D eigenvalue weighted by Crippen LogP contribution is -2.22. The highest BCUT2D eigenvalue weighted by Crippen LogP contribution is 2.30. The van der Waals surface area contributed by atoms with Crippen LogP contribution in [0.5, 0.6) is 0 Å². The van der Waals surface area contributed by atoms with Gasteiger partial charge in [-0.3, -0.25) is 20.2 Å². The molecule has 0 bridgehead atoms. The van der Waals surface area contributed by atoms with Crippen LogP contribution < -0.4 is 5.32 Å². The van der Waals surface area contributed by atoms with E-state index in [1.54, 1.807) is 12.1 Å². The fraction of sp³-hybridized carbons (Fsp3) is 0.167. The lowest BCUT2D eigenvalue weighted by molar-refractivity contribution is -0.384. The predicted octanol–water partition coefficient (Wildman–Crippen LogP) is 4.54. The van der Waals surface area contributed by atoms with Crippen molar-refractivity contribution >= 4 is 39.8 Å². The summed E-state index contributed by atoms with van der Waals surface area (Å²) in [5, 5.41) is 22.2. The fourth-order valence-corrected chi connectivity index (χ4v) is 3.83. The van der Waals surface area contributed by atoms with Gasteiger partial charge in [-0.15, -0.1) is 22.0 Å². The van der Waals surface area contributed by atoms with E-state index in [4.69, 9.17) is 0 Å². The summed E-state index contributed by atoms with van der Waals surface area (Å²) in [4.78, 5) is 23.8. The highest BCUT2D eigenvalue weighted by atomic mass is 32.2. The Morgan fingerprint density at radius 3 is 2.67 bits per heavy atom. The van der Waals surface area contributed by atoms with Gasteiger partial charge in [-0.2, -0.15) is 0 Å². The van der Waals surface area contributed by atoms with E-state index in [1.807, 2.05) is 38.1 Å². The van der Waals surface area contributed by atoms with Crippen LogP contribution >= 0.6 is 23.1 Å². The number of anilines is 1. The number of thioether (sulfide) groups is 1. The van der Waals surface area contributed by atoms with Gasteiger partial charge in [-0.05, 0) is 26.0 Å². The Morgan fingerprint density at radius 1 is 1.22 bits per heavy atom. The minimum Gasteiger partial charge on any atom is -0.300 e. The summed E-state index contributed by atoms with van der Waals surface area (Å²) in [7, 11) is 0. The predicted molar refractivity (Wildman–Crippen MR) is 107 cm³/mol. The zero-order chi connectivity index (χ0) is 19.4. The molecule has 3 rings (SSSR count). The monoisotopic (exact) mass is 400 g/mol. The van der Waals surface area contributed by atoms with E-state index < -0.39 is 4.92 Å². The molecule has 0 aliphatic heterocycles. The molecule has 27 heavy (non-hydrogen) atoms. The summed E-state index contributed by atoms with van der Waals surface area (Å²) < 4.78 is 0. The molecule has 9 heteroatoms. The Bertz CT molecular complexity index is 973. The maximum atomic E-state index is 12.4. The smallest absolute Gasteiger partial charge is 0.270 e. The van der Waals surface area contributed by atoms with Crippen LogP contribution in [-0.2, 0) is 4.79 Å². The van der Waals surface area contributed by atoms with Gasteiger partial charge in [0.1, 0.15) is 5.01 Å². The topological polar surface area (TPSA) is 98.0 Å². The third-order valence-electron chi connectivity index (χ3n) is 3.66. The number of carbonyl (C=O) groups excluding carboxylic acids is 1. The maximum absolute atomic E-state index is 12.4. The van der Waals surface area contributed by atoms with Crippen molar-refractivity contribution in [1.82, 2.24) is 10.2 Å². The molecule has 0 unspecified atom stereocenters. The van der Waals surface area contributed by atoms with E-state index >= 15 is 0 Å². The summed E-state index contributed by atoms with van der Waals surface area (Å²) in [5.74, 6) is -0.178. The van der Waals surface area contributed by atoms with Crippen molar-refractivity contribution in [3.63, 3.8) is 0 Å². The normalized spacial score (nSPS) is 11.8. The highest BCUT2D eigenvalue weighted by molar-refractivity contribution is 8.00. The van der Waals surface area contributed by atoms with Crippen LogP contribution in [0.3, 0.4) is 0 Å². The standard InChI is InChI=1S/C18H16N4O3S2/c1-11-6-8-15(9-7-11)26-12(2)16(23)19-18-21-20-17(27-18)13-4-3-5-14(10-13)22(24)25/h3-10,12H,1-2H3,(H,19,21,23)/t12-/m0/s1. The summed E-state index contributed by atoms with van der Waals surface area (Å²) in [6, 6.07) is 14.1. The number of nitrogens with one attached hydrogen (secondary N) is 1. The second-order valence-corrected chi connectivity index (χ2v) is 8.17. The number of carbonyl (C=O) groups is 1. The molecule has 138 valence electrons. The SMILES string of the molecule is Cc1ccc(S[C@@H](C)C(=O)Nc2nnc(-c3cccc([N+](=O)[O-])c3)s2)cc1. The summed E-state index contributed by atoms with van der Waals surface area (Å²) >= 11 is 2.63. The Labute approximate surface area is 164 Å². The summed E-state index contributed by atoms with van der Waals surface area (Å²) in [5.41, 5.74) is 1.74. The van der Waals surface area contributed by atoms with Gasteiger partial charge < -0.3 is 0 Å².